The highest BCUT2D eigenvalue weighted by Gasteiger charge is 2.11. The molecule has 0 aromatic rings. The van der Waals surface area contributed by atoms with E-state index in [0.717, 1.165) is 18.1 Å². The van der Waals surface area contributed by atoms with Crippen LogP contribution in [0.3, 0.4) is 0 Å². The zero-order valence-electron chi connectivity index (χ0n) is 14.9. The van der Waals surface area contributed by atoms with E-state index in [2.05, 4.69) is 37.0 Å². The Bertz CT molecular complexity index is 317. The van der Waals surface area contributed by atoms with Crippen molar-refractivity contribution in [2.24, 2.45) is 15.9 Å². The van der Waals surface area contributed by atoms with Crippen molar-refractivity contribution in [2.75, 3.05) is 0 Å². The maximum Gasteiger partial charge on any atom is 0.0588 e. The SMILES string of the molecule is C=CN=CC(CC(CCCCCC)CCCCCC)=NC=C. The van der Waals surface area contributed by atoms with Crippen LogP contribution in [0.1, 0.15) is 84.5 Å². The largest absolute Gasteiger partial charge is 0.263 e. The highest BCUT2D eigenvalue weighted by molar-refractivity contribution is 6.30. The van der Waals surface area contributed by atoms with Gasteiger partial charge >= 0.3 is 0 Å². The zero-order chi connectivity index (χ0) is 16.5. The minimum absolute atomic E-state index is 0.726. The molecule has 0 amide bonds. The number of aliphatic imine (C=N–C) groups is 2. The van der Waals surface area contributed by atoms with E-state index < -0.39 is 0 Å². The average Bonchev–Trinajstić information content (AvgIpc) is 2.53. The van der Waals surface area contributed by atoms with Gasteiger partial charge in [-0.05, 0) is 12.3 Å². The first-order valence-corrected chi connectivity index (χ1v) is 9.10. The summed E-state index contributed by atoms with van der Waals surface area (Å²) >= 11 is 0. The Hall–Kier alpha value is -1.18. The van der Waals surface area contributed by atoms with Crippen LogP contribution in [0.4, 0.5) is 0 Å². The van der Waals surface area contributed by atoms with Crippen LogP contribution < -0.4 is 0 Å². The van der Waals surface area contributed by atoms with Crippen molar-refractivity contribution >= 4 is 11.9 Å². The number of nitrogens with zero attached hydrogens (tertiary/aromatic N) is 2. The summed E-state index contributed by atoms with van der Waals surface area (Å²) in [5, 5.41) is 0. The van der Waals surface area contributed by atoms with Gasteiger partial charge in [0.15, 0.2) is 0 Å². The molecule has 0 aromatic carbocycles. The van der Waals surface area contributed by atoms with Crippen molar-refractivity contribution in [3.05, 3.63) is 25.6 Å². The molecule has 0 heterocycles. The van der Waals surface area contributed by atoms with Gasteiger partial charge in [0.25, 0.3) is 0 Å². The lowest BCUT2D eigenvalue weighted by atomic mass is 9.90. The summed E-state index contributed by atoms with van der Waals surface area (Å²) in [5.74, 6) is 0.726. The van der Waals surface area contributed by atoms with Gasteiger partial charge in [0.2, 0.25) is 0 Å². The topological polar surface area (TPSA) is 24.7 Å². The third-order valence-electron chi connectivity index (χ3n) is 4.02. The second kappa shape index (κ2) is 16.2. The standard InChI is InChI=1S/C20H36N2/c1-5-9-11-13-15-19(16-14-12-10-6-2)17-20(22-8-4)18-21-7-3/h7-8,18-19H,3-6,9-17H2,1-2H3. The van der Waals surface area contributed by atoms with Crippen LogP contribution in [-0.2, 0) is 0 Å². The van der Waals surface area contributed by atoms with Crippen molar-refractivity contribution in [3.8, 4) is 0 Å². The van der Waals surface area contributed by atoms with Crippen molar-refractivity contribution in [2.45, 2.75) is 84.5 Å². The summed E-state index contributed by atoms with van der Waals surface area (Å²) in [7, 11) is 0. The fraction of sp³-hybridized carbons (Fsp3) is 0.700. The molecule has 0 radical (unpaired) electrons. The average molecular weight is 305 g/mol. The molecule has 0 saturated heterocycles. The summed E-state index contributed by atoms with van der Waals surface area (Å²) in [6.07, 6.45) is 19.4. The molecule has 2 heteroatoms. The van der Waals surface area contributed by atoms with Gasteiger partial charge in [-0.1, -0.05) is 91.2 Å². The molecule has 0 unspecified atom stereocenters. The highest BCUT2D eigenvalue weighted by Crippen LogP contribution is 2.22. The van der Waals surface area contributed by atoms with Gasteiger partial charge in [0.1, 0.15) is 0 Å². The molecule has 0 bridgehead atoms. The van der Waals surface area contributed by atoms with Crippen LogP contribution in [0.2, 0.25) is 0 Å². The number of unbranched alkanes of at least 4 members (excludes halogenated alkanes) is 6. The Morgan fingerprint density at radius 1 is 0.864 bits per heavy atom. The molecule has 0 aromatic heterocycles. The van der Waals surface area contributed by atoms with Gasteiger partial charge in [-0.3, -0.25) is 9.98 Å². The van der Waals surface area contributed by atoms with Crippen LogP contribution in [0.5, 0.6) is 0 Å². The Morgan fingerprint density at radius 2 is 1.45 bits per heavy atom. The molecule has 0 spiro atoms. The molecule has 0 aliphatic rings. The van der Waals surface area contributed by atoms with Crippen LogP contribution >= 0.6 is 0 Å². The first-order valence-electron chi connectivity index (χ1n) is 9.10. The van der Waals surface area contributed by atoms with E-state index >= 15 is 0 Å². The lowest BCUT2D eigenvalue weighted by Crippen LogP contribution is -2.10. The first-order chi connectivity index (χ1) is 10.8. The molecule has 0 atom stereocenters. The van der Waals surface area contributed by atoms with Crippen molar-refractivity contribution in [1.82, 2.24) is 0 Å². The number of hydrogen-bond donors (Lipinski definition) is 0. The molecule has 0 N–H and O–H groups in total. The minimum atomic E-state index is 0.726. The zero-order valence-corrected chi connectivity index (χ0v) is 14.9. The molecular weight excluding hydrogens is 268 g/mol. The molecule has 22 heavy (non-hydrogen) atoms. The van der Waals surface area contributed by atoms with Gasteiger partial charge in [-0.25, -0.2) is 0 Å². The van der Waals surface area contributed by atoms with Crippen LogP contribution in [-0.4, -0.2) is 11.9 Å². The van der Waals surface area contributed by atoms with Gasteiger partial charge in [-0.2, -0.15) is 0 Å². The van der Waals surface area contributed by atoms with Crippen LogP contribution in [0.15, 0.2) is 35.5 Å². The Kier molecular flexibility index (Phi) is 15.3. The summed E-state index contributed by atoms with van der Waals surface area (Å²) in [6, 6.07) is 0. The molecule has 0 aliphatic carbocycles. The Balaban J connectivity index is 4.44. The van der Waals surface area contributed by atoms with E-state index in [0.29, 0.717) is 0 Å². The van der Waals surface area contributed by atoms with E-state index in [4.69, 9.17) is 0 Å². The quantitative estimate of drug-likeness (QED) is 0.236. The fourth-order valence-electron chi connectivity index (χ4n) is 2.76. The normalized spacial score (nSPS) is 12.2. The summed E-state index contributed by atoms with van der Waals surface area (Å²) in [4.78, 5) is 8.50. The highest BCUT2D eigenvalue weighted by atomic mass is 14.7. The fourth-order valence-corrected chi connectivity index (χ4v) is 2.76. The predicted octanol–water partition coefficient (Wildman–Crippen LogP) is 6.73. The summed E-state index contributed by atoms with van der Waals surface area (Å²) in [5.41, 5.74) is 1.03. The van der Waals surface area contributed by atoms with Crippen LogP contribution in [0.25, 0.3) is 0 Å². The number of hydrogen-bond acceptors (Lipinski definition) is 2. The molecule has 2 nitrogen and oxygen atoms in total. The monoisotopic (exact) mass is 304 g/mol. The van der Waals surface area contributed by atoms with Crippen molar-refractivity contribution in [1.29, 1.82) is 0 Å². The van der Waals surface area contributed by atoms with Gasteiger partial charge in [-0.15, -0.1) is 0 Å². The summed E-state index contributed by atoms with van der Waals surface area (Å²) < 4.78 is 0. The van der Waals surface area contributed by atoms with E-state index in [1.54, 1.807) is 12.4 Å². The molecule has 0 rings (SSSR count). The Morgan fingerprint density at radius 3 is 1.91 bits per heavy atom. The molecule has 0 fully saturated rings. The molecular formula is C20H36N2. The first kappa shape index (κ1) is 20.8. The third kappa shape index (κ3) is 12.6. The Labute approximate surface area is 138 Å². The maximum absolute atomic E-state index is 4.37. The lowest BCUT2D eigenvalue weighted by Gasteiger charge is -2.16. The summed E-state index contributed by atoms with van der Waals surface area (Å²) in [6.45, 7) is 11.9. The van der Waals surface area contributed by atoms with E-state index in [1.165, 1.54) is 64.2 Å². The minimum Gasteiger partial charge on any atom is -0.263 e. The smallest absolute Gasteiger partial charge is 0.0588 e. The molecule has 0 aliphatic heterocycles. The van der Waals surface area contributed by atoms with E-state index in [9.17, 15) is 0 Å². The number of rotatable bonds is 15. The predicted molar refractivity (Wildman–Crippen MR) is 102 cm³/mol. The van der Waals surface area contributed by atoms with E-state index in [1.807, 2.05) is 6.21 Å². The second-order valence-corrected chi connectivity index (χ2v) is 6.03. The van der Waals surface area contributed by atoms with Crippen molar-refractivity contribution in [3.63, 3.8) is 0 Å². The van der Waals surface area contributed by atoms with Gasteiger partial charge in [0.05, 0.1) is 5.71 Å². The molecule has 126 valence electrons. The van der Waals surface area contributed by atoms with Gasteiger partial charge in [0, 0.05) is 18.6 Å². The lowest BCUT2D eigenvalue weighted by molar-refractivity contribution is 0.418. The van der Waals surface area contributed by atoms with Crippen molar-refractivity contribution < 1.29 is 0 Å². The third-order valence-corrected chi connectivity index (χ3v) is 4.02. The van der Waals surface area contributed by atoms with E-state index in [-0.39, 0.29) is 0 Å². The van der Waals surface area contributed by atoms with Gasteiger partial charge < -0.3 is 0 Å². The second-order valence-electron chi connectivity index (χ2n) is 6.03. The maximum atomic E-state index is 4.37. The van der Waals surface area contributed by atoms with Crippen LogP contribution in [0, 0.1) is 5.92 Å². The molecule has 0 saturated carbocycles.